The fourth-order valence-electron chi connectivity index (χ4n) is 4.60. The molecule has 1 aromatic carbocycles. The van der Waals surface area contributed by atoms with Crippen molar-refractivity contribution in [2.45, 2.75) is 18.9 Å². The van der Waals surface area contributed by atoms with Crippen LogP contribution in [0.25, 0.3) is 0 Å². The molecule has 2 amide bonds. The molecule has 1 heterocycles. The van der Waals surface area contributed by atoms with E-state index in [2.05, 4.69) is 0 Å². The van der Waals surface area contributed by atoms with Crippen LogP contribution in [-0.4, -0.2) is 34.9 Å². The van der Waals surface area contributed by atoms with Crippen LogP contribution in [0.15, 0.2) is 36.4 Å². The van der Waals surface area contributed by atoms with Gasteiger partial charge in [-0.25, -0.2) is 0 Å². The number of fused-ring (bicyclic) bond motifs is 5. The molecule has 1 saturated heterocycles. The van der Waals surface area contributed by atoms with Crippen LogP contribution < -0.4 is 4.74 Å². The summed E-state index contributed by atoms with van der Waals surface area (Å²) in [4.78, 5) is 38.6. The van der Waals surface area contributed by atoms with Gasteiger partial charge in [0.2, 0.25) is 11.8 Å². The third-order valence-corrected chi connectivity index (χ3v) is 5.66. The van der Waals surface area contributed by atoms with Crippen molar-refractivity contribution in [2.75, 3.05) is 7.11 Å². The molecule has 3 aliphatic rings. The molecule has 4 rings (SSSR count). The van der Waals surface area contributed by atoms with Crippen molar-refractivity contribution in [2.24, 2.45) is 23.7 Å². The van der Waals surface area contributed by atoms with Crippen molar-refractivity contribution in [1.82, 2.24) is 4.90 Å². The van der Waals surface area contributed by atoms with Gasteiger partial charge in [-0.05, 0) is 36.0 Å². The Kier molecular flexibility index (Phi) is 3.63. The van der Waals surface area contributed by atoms with Gasteiger partial charge in [-0.15, -0.1) is 0 Å². The average molecular weight is 341 g/mol. The fourth-order valence-corrected chi connectivity index (χ4v) is 4.60. The summed E-state index contributed by atoms with van der Waals surface area (Å²) in [5.74, 6) is -1.41. The highest BCUT2D eigenvalue weighted by atomic mass is 16.5. The van der Waals surface area contributed by atoms with Crippen LogP contribution in [0.4, 0.5) is 0 Å². The molecule has 6 heteroatoms. The SMILES string of the molecule is COc1cccc([C@@H](CC(=O)O)N2C(=O)[C@@H]3[C@H](C2=O)[C@H]2C=C[C@H]3C2)c1. The molecule has 25 heavy (non-hydrogen) atoms. The quantitative estimate of drug-likeness (QED) is 0.654. The van der Waals surface area contributed by atoms with E-state index >= 15 is 0 Å². The second-order valence-corrected chi connectivity index (χ2v) is 6.94. The second-order valence-electron chi connectivity index (χ2n) is 6.94. The molecular weight excluding hydrogens is 322 g/mol. The number of nitrogens with zero attached hydrogens (tertiary/aromatic N) is 1. The Balaban J connectivity index is 1.72. The van der Waals surface area contributed by atoms with Gasteiger partial charge in [-0.2, -0.15) is 0 Å². The number of likely N-dealkylation sites (tertiary alicyclic amines) is 1. The normalized spacial score (nSPS) is 30.7. The summed E-state index contributed by atoms with van der Waals surface area (Å²) < 4.78 is 5.20. The first-order chi connectivity index (χ1) is 12.0. The van der Waals surface area contributed by atoms with E-state index < -0.39 is 12.0 Å². The van der Waals surface area contributed by atoms with Crippen molar-refractivity contribution in [3.05, 3.63) is 42.0 Å². The highest BCUT2D eigenvalue weighted by molar-refractivity contribution is 6.07. The predicted octanol–water partition coefficient (Wildman–Crippen LogP) is 2.02. The van der Waals surface area contributed by atoms with Gasteiger partial charge in [0.15, 0.2) is 0 Å². The van der Waals surface area contributed by atoms with E-state index in [9.17, 15) is 19.5 Å². The van der Waals surface area contributed by atoms with Crippen LogP contribution in [0.3, 0.4) is 0 Å². The van der Waals surface area contributed by atoms with Crippen LogP contribution in [0.5, 0.6) is 5.75 Å². The molecule has 1 saturated carbocycles. The lowest BCUT2D eigenvalue weighted by atomic mass is 9.85. The number of hydrogen-bond acceptors (Lipinski definition) is 4. The number of allylic oxidation sites excluding steroid dienone is 2. The van der Waals surface area contributed by atoms with Gasteiger partial charge in [-0.1, -0.05) is 24.3 Å². The van der Waals surface area contributed by atoms with Gasteiger partial charge in [0.1, 0.15) is 5.75 Å². The van der Waals surface area contributed by atoms with E-state index in [1.807, 2.05) is 12.2 Å². The molecule has 0 radical (unpaired) electrons. The number of carbonyl (C=O) groups is 3. The third-order valence-electron chi connectivity index (χ3n) is 5.66. The minimum Gasteiger partial charge on any atom is -0.497 e. The lowest BCUT2D eigenvalue weighted by molar-refractivity contribution is -0.146. The van der Waals surface area contributed by atoms with Crippen LogP contribution in [-0.2, 0) is 14.4 Å². The summed E-state index contributed by atoms with van der Waals surface area (Å²) in [6.07, 6.45) is 4.59. The number of benzene rings is 1. The molecular formula is C19H19NO5. The first kappa shape index (κ1) is 15.9. The van der Waals surface area contributed by atoms with Crippen molar-refractivity contribution in [3.8, 4) is 5.75 Å². The zero-order valence-electron chi connectivity index (χ0n) is 13.8. The first-order valence-corrected chi connectivity index (χ1v) is 8.42. The maximum atomic E-state index is 13.0. The van der Waals surface area contributed by atoms with Gasteiger partial charge in [0.25, 0.3) is 0 Å². The molecule has 2 aliphatic carbocycles. The highest BCUT2D eigenvalue weighted by Crippen LogP contribution is 2.54. The molecule has 0 spiro atoms. The number of carbonyl (C=O) groups excluding carboxylic acids is 2. The Hall–Kier alpha value is -2.63. The first-order valence-electron chi connectivity index (χ1n) is 8.42. The van der Waals surface area contributed by atoms with Gasteiger partial charge in [0, 0.05) is 0 Å². The zero-order valence-corrected chi connectivity index (χ0v) is 13.8. The summed E-state index contributed by atoms with van der Waals surface area (Å²) in [7, 11) is 1.52. The Morgan fingerprint density at radius 3 is 2.44 bits per heavy atom. The van der Waals surface area contributed by atoms with E-state index in [0.717, 1.165) is 6.42 Å². The smallest absolute Gasteiger partial charge is 0.305 e. The van der Waals surface area contributed by atoms with Gasteiger partial charge < -0.3 is 9.84 Å². The van der Waals surface area contributed by atoms with Crippen molar-refractivity contribution in [3.63, 3.8) is 0 Å². The lowest BCUT2D eigenvalue weighted by Crippen LogP contribution is -2.37. The largest absolute Gasteiger partial charge is 0.497 e. The number of amides is 2. The summed E-state index contributed by atoms with van der Waals surface area (Å²) in [5, 5.41) is 9.33. The third kappa shape index (κ3) is 2.35. The molecule has 1 aromatic rings. The van der Waals surface area contributed by atoms with Gasteiger partial charge in [-0.3, -0.25) is 19.3 Å². The maximum Gasteiger partial charge on any atom is 0.305 e. The van der Waals surface area contributed by atoms with Gasteiger partial charge in [0.05, 0.1) is 31.4 Å². The van der Waals surface area contributed by atoms with E-state index in [1.165, 1.54) is 12.0 Å². The number of carboxylic acid groups (broad SMARTS) is 1. The van der Waals surface area contributed by atoms with E-state index in [1.54, 1.807) is 24.3 Å². The topological polar surface area (TPSA) is 83.9 Å². The Bertz CT molecular complexity index is 756. The van der Waals surface area contributed by atoms with Crippen molar-refractivity contribution < 1.29 is 24.2 Å². The van der Waals surface area contributed by atoms with Crippen LogP contribution in [0.2, 0.25) is 0 Å². The molecule has 130 valence electrons. The molecule has 0 unspecified atom stereocenters. The molecule has 1 aliphatic heterocycles. The van der Waals surface area contributed by atoms with Gasteiger partial charge >= 0.3 is 5.97 Å². The zero-order chi connectivity index (χ0) is 17.7. The fraction of sp³-hybridized carbons (Fsp3) is 0.421. The molecule has 0 aromatic heterocycles. The molecule has 6 nitrogen and oxygen atoms in total. The van der Waals surface area contributed by atoms with E-state index in [0.29, 0.717) is 11.3 Å². The maximum absolute atomic E-state index is 13.0. The highest BCUT2D eigenvalue weighted by Gasteiger charge is 2.60. The summed E-state index contributed by atoms with van der Waals surface area (Å²) in [5.41, 5.74) is 0.601. The van der Waals surface area contributed by atoms with Crippen molar-refractivity contribution in [1.29, 1.82) is 0 Å². The Morgan fingerprint density at radius 2 is 1.88 bits per heavy atom. The van der Waals surface area contributed by atoms with E-state index in [-0.39, 0.29) is 41.9 Å². The number of rotatable bonds is 5. The average Bonchev–Trinajstić information content (AvgIpc) is 3.27. The van der Waals surface area contributed by atoms with E-state index in [4.69, 9.17) is 4.74 Å². The Labute approximate surface area is 145 Å². The number of aliphatic carboxylic acids is 1. The number of hydrogen-bond donors (Lipinski definition) is 1. The van der Waals surface area contributed by atoms with Crippen LogP contribution >= 0.6 is 0 Å². The molecule has 1 N–H and O–H groups in total. The molecule has 2 bridgehead atoms. The van der Waals surface area contributed by atoms with Crippen LogP contribution in [0, 0.1) is 23.7 Å². The minimum absolute atomic E-state index is 0.104. The lowest BCUT2D eigenvalue weighted by Gasteiger charge is -2.27. The molecule has 5 atom stereocenters. The summed E-state index contributed by atoms with van der Waals surface area (Å²) in [6, 6.07) is 6.10. The standard InChI is InChI=1S/C19H19NO5/c1-25-13-4-2-3-10(8-13)14(9-15(21)22)20-18(23)16-11-5-6-12(7-11)17(16)19(20)24/h2-6,8,11-12,14,16-17H,7,9H2,1H3,(H,21,22)/t11-,12-,14+,16-,17+/m0/s1. The Morgan fingerprint density at radius 1 is 1.24 bits per heavy atom. The van der Waals surface area contributed by atoms with Crippen LogP contribution in [0.1, 0.15) is 24.4 Å². The second kappa shape index (κ2) is 5.72. The summed E-state index contributed by atoms with van der Waals surface area (Å²) >= 11 is 0. The minimum atomic E-state index is -1.05. The summed E-state index contributed by atoms with van der Waals surface area (Å²) in [6.45, 7) is 0. The number of imide groups is 1. The predicted molar refractivity (Wildman–Crippen MR) is 87.6 cm³/mol. The van der Waals surface area contributed by atoms with Crippen molar-refractivity contribution >= 4 is 17.8 Å². The number of ether oxygens (including phenoxy) is 1. The monoisotopic (exact) mass is 341 g/mol. The molecule has 2 fully saturated rings. The number of carboxylic acids is 1. The number of methoxy groups -OCH3 is 1.